The Kier molecular flexibility index (Phi) is 4.57. The van der Waals surface area contributed by atoms with Gasteiger partial charge >= 0.3 is 0 Å². The SMILES string of the molecule is CNC(=O)CN1c2ccccc2C(=O)N(C)[C@H]1c1ccccc1[N+](=O)[O-]. The first kappa shape index (κ1) is 17.4. The monoisotopic (exact) mass is 354 g/mol. The zero-order valence-electron chi connectivity index (χ0n) is 14.4. The molecule has 2 aromatic rings. The normalized spacial score (nSPS) is 16.2. The summed E-state index contributed by atoms with van der Waals surface area (Å²) < 4.78 is 0. The van der Waals surface area contributed by atoms with Crippen LogP contribution in [0.25, 0.3) is 0 Å². The first-order chi connectivity index (χ1) is 12.5. The van der Waals surface area contributed by atoms with Gasteiger partial charge in [-0.15, -0.1) is 0 Å². The van der Waals surface area contributed by atoms with Crippen LogP contribution in [0.1, 0.15) is 22.1 Å². The highest BCUT2D eigenvalue weighted by molar-refractivity contribution is 6.02. The Bertz CT molecular complexity index is 883. The predicted octanol–water partition coefficient (Wildman–Crippen LogP) is 1.93. The molecule has 1 N–H and O–H groups in total. The molecule has 0 spiro atoms. The van der Waals surface area contributed by atoms with Crippen LogP contribution in [0.4, 0.5) is 11.4 Å². The van der Waals surface area contributed by atoms with Crippen LogP contribution in [0.5, 0.6) is 0 Å². The van der Waals surface area contributed by atoms with E-state index in [0.717, 1.165) is 0 Å². The number of para-hydroxylation sites is 2. The molecule has 2 aromatic carbocycles. The second-order valence-corrected chi connectivity index (χ2v) is 5.92. The highest BCUT2D eigenvalue weighted by atomic mass is 16.6. The lowest BCUT2D eigenvalue weighted by Gasteiger charge is -2.43. The topological polar surface area (TPSA) is 95.8 Å². The number of nitro benzene ring substituents is 1. The molecule has 1 aliphatic heterocycles. The van der Waals surface area contributed by atoms with Crippen LogP contribution >= 0.6 is 0 Å². The molecule has 26 heavy (non-hydrogen) atoms. The average Bonchev–Trinajstić information content (AvgIpc) is 2.66. The molecule has 1 aliphatic rings. The van der Waals surface area contributed by atoms with Gasteiger partial charge in [0.2, 0.25) is 5.91 Å². The van der Waals surface area contributed by atoms with Crippen molar-refractivity contribution in [1.29, 1.82) is 0 Å². The second-order valence-electron chi connectivity index (χ2n) is 5.92. The van der Waals surface area contributed by atoms with Gasteiger partial charge in [0.05, 0.1) is 28.3 Å². The van der Waals surface area contributed by atoms with Crippen molar-refractivity contribution in [1.82, 2.24) is 10.2 Å². The van der Waals surface area contributed by atoms with Crippen LogP contribution < -0.4 is 10.2 Å². The van der Waals surface area contributed by atoms with Gasteiger partial charge in [0, 0.05) is 20.2 Å². The summed E-state index contributed by atoms with van der Waals surface area (Å²) in [5.74, 6) is -0.511. The summed E-state index contributed by atoms with van der Waals surface area (Å²) in [6.07, 6.45) is -0.767. The maximum Gasteiger partial charge on any atom is 0.276 e. The molecule has 134 valence electrons. The van der Waals surface area contributed by atoms with E-state index in [9.17, 15) is 19.7 Å². The molecule has 0 unspecified atom stereocenters. The summed E-state index contributed by atoms with van der Waals surface area (Å²) in [6, 6.07) is 13.2. The van der Waals surface area contributed by atoms with Crippen molar-refractivity contribution in [2.24, 2.45) is 0 Å². The Morgan fingerprint density at radius 3 is 2.54 bits per heavy atom. The summed E-state index contributed by atoms with van der Waals surface area (Å²) in [7, 11) is 3.10. The molecule has 0 aliphatic carbocycles. The van der Waals surface area contributed by atoms with Gasteiger partial charge in [-0.1, -0.05) is 24.3 Å². The Morgan fingerprint density at radius 2 is 1.85 bits per heavy atom. The largest absolute Gasteiger partial charge is 0.358 e. The van der Waals surface area contributed by atoms with Crippen LogP contribution in [0.2, 0.25) is 0 Å². The molecule has 0 saturated heterocycles. The molecule has 2 amide bonds. The Morgan fingerprint density at radius 1 is 1.19 bits per heavy atom. The number of benzene rings is 2. The molecule has 3 rings (SSSR count). The first-order valence-electron chi connectivity index (χ1n) is 8.02. The van der Waals surface area contributed by atoms with Crippen LogP contribution in [0, 0.1) is 10.1 Å². The van der Waals surface area contributed by atoms with Crippen LogP contribution in [0.15, 0.2) is 48.5 Å². The van der Waals surface area contributed by atoms with Gasteiger partial charge in [0.25, 0.3) is 11.6 Å². The number of nitrogens with zero attached hydrogens (tertiary/aromatic N) is 3. The van der Waals surface area contributed by atoms with E-state index >= 15 is 0 Å². The van der Waals surface area contributed by atoms with E-state index in [1.54, 1.807) is 54.4 Å². The zero-order valence-corrected chi connectivity index (χ0v) is 14.4. The summed E-state index contributed by atoms with van der Waals surface area (Å²) in [6.45, 7) is -0.0398. The summed E-state index contributed by atoms with van der Waals surface area (Å²) in [5.41, 5.74) is 1.28. The van der Waals surface area contributed by atoms with Crippen molar-refractivity contribution in [2.45, 2.75) is 6.17 Å². The standard InChI is InChI=1S/C18H18N4O4/c1-19-16(23)11-21-14-9-5-4-8-13(14)18(24)20(2)17(21)12-7-3-6-10-15(12)22(25)26/h3-10,17H,11H2,1-2H3,(H,19,23)/t17-/m1/s1. The number of nitrogens with one attached hydrogen (secondary N) is 1. The lowest BCUT2D eigenvalue weighted by molar-refractivity contribution is -0.385. The molecule has 0 bridgehead atoms. The molecular formula is C18H18N4O4. The Labute approximate surface area is 150 Å². The number of likely N-dealkylation sites (N-methyl/N-ethyl adjacent to an activating group) is 1. The van der Waals surface area contributed by atoms with Gasteiger partial charge in [-0.25, -0.2) is 0 Å². The van der Waals surface area contributed by atoms with Crippen molar-refractivity contribution in [3.05, 3.63) is 69.8 Å². The maximum atomic E-state index is 12.8. The van der Waals surface area contributed by atoms with Crippen molar-refractivity contribution in [3.8, 4) is 0 Å². The van der Waals surface area contributed by atoms with Crippen molar-refractivity contribution in [2.75, 3.05) is 25.5 Å². The van der Waals surface area contributed by atoms with Crippen molar-refractivity contribution < 1.29 is 14.5 Å². The highest BCUT2D eigenvalue weighted by Gasteiger charge is 2.39. The number of hydrogen-bond donors (Lipinski definition) is 1. The molecule has 1 atom stereocenters. The lowest BCUT2D eigenvalue weighted by atomic mass is 10.0. The number of amides is 2. The second kappa shape index (κ2) is 6.83. The number of fused-ring (bicyclic) bond motifs is 1. The third kappa shape index (κ3) is 2.85. The van der Waals surface area contributed by atoms with Gasteiger partial charge < -0.3 is 15.1 Å². The van der Waals surface area contributed by atoms with Gasteiger partial charge in [0.15, 0.2) is 0 Å². The van der Waals surface area contributed by atoms with E-state index in [2.05, 4.69) is 5.32 Å². The lowest BCUT2D eigenvalue weighted by Crippen LogP contribution is -2.50. The predicted molar refractivity (Wildman–Crippen MR) is 95.8 cm³/mol. The van der Waals surface area contributed by atoms with Crippen molar-refractivity contribution in [3.63, 3.8) is 0 Å². The quantitative estimate of drug-likeness (QED) is 0.669. The number of hydrogen-bond acceptors (Lipinski definition) is 5. The molecule has 0 fully saturated rings. The zero-order chi connectivity index (χ0) is 18.8. The van der Waals surface area contributed by atoms with Crippen LogP contribution in [-0.2, 0) is 4.79 Å². The van der Waals surface area contributed by atoms with Crippen LogP contribution in [0.3, 0.4) is 0 Å². The molecule has 0 radical (unpaired) electrons. The van der Waals surface area contributed by atoms with Gasteiger partial charge in [-0.3, -0.25) is 19.7 Å². The number of rotatable bonds is 4. The van der Waals surface area contributed by atoms with E-state index < -0.39 is 11.1 Å². The summed E-state index contributed by atoms with van der Waals surface area (Å²) >= 11 is 0. The fourth-order valence-corrected chi connectivity index (χ4v) is 3.20. The summed E-state index contributed by atoms with van der Waals surface area (Å²) in [5, 5.41) is 14.0. The Hall–Kier alpha value is -3.42. The van der Waals surface area contributed by atoms with E-state index in [0.29, 0.717) is 16.8 Å². The third-order valence-corrected chi connectivity index (χ3v) is 4.43. The molecule has 8 heteroatoms. The number of nitro groups is 1. The molecule has 0 aromatic heterocycles. The molecular weight excluding hydrogens is 336 g/mol. The minimum absolute atomic E-state index is 0.0398. The van der Waals surface area contributed by atoms with Crippen LogP contribution in [-0.4, -0.2) is 42.3 Å². The summed E-state index contributed by atoms with van der Waals surface area (Å²) in [4.78, 5) is 39.0. The minimum Gasteiger partial charge on any atom is -0.358 e. The van der Waals surface area contributed by atoms with E-state index in [4.69, 9.17) is 0 Å². The molecule has 1 heterocycles. The number of carbonyl (C=O) groups excluding carboxylic acids is 2. The van der Waals surface area contributed by atoms with Gasteiger partial charge in [-0.2, -0.15) is 0 Å². The smallest absolute Gasteiger partial charge is 0.276 e. The van der Waals surface area contributed by atoms with Crippen molar-refractivity contribution >= 4 is 23.2 Å². The maximum absolute atomic E-state index is 12.8. The van der Waals surface area contributed by atoms with Gasteiger partial charge in [-0.05, 0) is 18.2 Å². The van der Waals surface area contributed by atoms with E-state index in [1.165, 1.54) is 18.0 Å². The minimum atomic E-state index is -0.767. The highest BCUT2D eigenvalue weighted by Crippen LogP contribution is 2.40. The van der Waals surface area contributed by atoms with E-state index in [-0.39, 0.29) is 24.0 Å². The van der Waals surface area contributed by atoms with Gasteiger partial charge in [0.1, 0.15) is 6.17 Å². The average molecular weight is 354 g/mol. The molecule has 0 saturated carbocycles. The molecule has 8 nitrogen and oxygen atoms in total. The fraction of sp³-hybridized carbons (Fsp3) is 0.222. The third-order valence-electron chi connectivity index (χ3n) is 4.43. The Balaban J connectivity index is 2.20. The van der Waals surface area contributed by atoms with E-state index in [1.807, 2.05) is 0 Å². The number of anilines is 1. The first-order valence-corrected chi connectivity index (χ1v) is 8.02. The number of carbonyl (C=O) groups is 2. The fourth-order valence-electron chi connectivity index (χ4n) is 3.20.